The van der Waals surface area contributed by atoms with Gasteiger partial charge in [0.1, 0.15) is 17.1 Å². The topological polar surface area (TPSA) is 42.2 Å². The highest BCUT2D eigenvalue weighted by molar-refractivity contribution is 7.80. The summed E-state index contributed by atoms with van der Waals surface area (Å²) in [7, 11) is 0. The van der Waals surface area contributed by atoms with Gasteiger partial charge in [-0.2, -0.15) is 0 Å². The van der Waals surface area contributed by atoms with Gasteiger partial charge in [0.15, 0.2) is 5.11 Å². The first-order valence-corrected chi connectivity index (χ1v) is 9.22. The van der Waals surface area contributed by atoms with Gasteiger partial charge in [-0.15, -0.1) is 0 Å². The fraction of sp³-hybridized carbons (Fsp3) is 0.250. The molecule has 0 atom stereocenters. The van der Waals surface area contributed by atoms with Gasteiger partial charge in [0.05, 0.1) is 11.2 Å². The van der Waals surface area contributed by atoms with Crippen LogP contribution in [0.2, 0.25) is 0 Å². The molecule has 0 radical (unpaired) electrons. The Kier molecular flexibility index (Phi) is 4.75. The number of benzene rings is 2. The van der Waals surface area contributed by atoms with Crippen LogP contribution in [-0.4, -0.2) is 14.7 Å². The molecule has 1 N–H and O–H groups in total. The monoisotopic (exact) mass is 366 g/mol. The summed E-state index contributed by atoms with van der Waals surface area (Å²) in [5, 5.41) is 4.10. The molecule has 6 heteroatoms. The van der Waals surface area contributed by atoms with E-state index in [2.05, 4.69) is 14.9 Å². The minimum atomic E-state index is -0.351. The molecule has 0 aliphatic carbocycles. The molecule has 1 aromatic heterocycles. The number of thiocarbonyl (C=S) groups is 1. The maximum atomic E-state index is 13.9. The Hall–Kier alpha value is -2.60. The third kappa shape index (κ3) is 3.37. The molecule has 0 amide bonds. The number of fused-ring (bicyclic) bond motifs is 2. The standard InChI is InChI=1S/C20H19FN4S/c21-15-9-4-6-11-17(15)23-20(26)24-19-14-8-3-5-10-16(14)22-18-12-2-1-7-13-25(18)19/h3-6,8-11H,1-2,7,12-13H2,(H,23,26). The summed E-state index contributed by atoms with van der Waals surface area (Å²) < 4.78 is 16.0. The van der Waals surface area contributed by atoms with E-state index in [9.17, 15) is 4.39 Å². The summed E-state index contributed by atoms with van der Waals surface area (Å²) in [6.07, 6.45) is 4.33. The fourth-order valence-corrected chi connectivity index (χ4v) is 3.50. The number of anilines is 1. The van der Waals surface area contributed by atoms with Gasteiger partial charge in [0.25, 0.3) is 0 Å². The Labute approximate surface area is 156 Å². The number of nitrogens with zero attached hydrogens (tertiary/aromatic N) is 3. The summed E-state index contributed by atoms with van der Waals surface area (Å²) in [5.74, 6) is 0.685. The highest BCUT2D eigenvalue weighted by Crippen LogP contribution is 2.16. The molecule has 0 spiro atoms. The van der Waals surface area contributed by atoms with Crippen LogP contribution in [0.15, 0.2) is 53.5 Å². The predicted molar refractivity (Wildman–Crippen MR) is 105 cm³/mol. The lowest BCUT2D eigenvalue weighted by atomic mass is 10.2. The fourth-order valence-electron chi connectivity index (χ4n) is 3.31. The van der Waals surface area contributed by atoms with E-state index in [1.807, 2.05) is 24.3 Å². The highest BCUT2D eigenvalue weighted by Gasteiger charge is 2.13. The molecular weight excluding hydrogens is 347 g/mol. The summed E-state index contributed by atoms with van der Waals surface area (Å²) in [6, 6.07) is 14.4. The summed E-state index contributed by atoms with van der Waals surface area (Å²) >= 11 is 5.40. The van der Waals surface area contributed by atoms with Gasteiger partial charge in [-0.1, -0.05) is 30.7 Å². The molecule has 0 fully saturated rings. The number of hydrogen-bond donors (Lipinski definition) is 1. The summed E-state index contributed by atoms with van der Waals surface area (Å²) in [5.41, 5.74) is 2.03. The van der Waals surface area contributed by atoms with Crippen molar-refractivity contribution in [2.75, 3.05) is 5.32 Å². The van der Waals surface area contributed by atoms with Crippen LogP contribution >= 0.6 is 12.2 Å². The first-order chi connectivity index (χ1) is 12.7. The van der Waals surface area contributed by atoms with E-state index in [0.29, 0.717) is 5.69 Å². The van der Waals surface area contributed by atoms with Gasteiger partial charge in [-0.25, -0.2) is 14.4 Å². The third-order valence-corrected chi connectivity index (χ3v) is 4.76. The van der Waals surface area contributed by atoms with Gasteiger partial charge in [0.2, 0.25) is 0 Å². The molecule has 2 aromatic carbocycles. The van der Waals surface area contributed by atoms with Crippen LogP contribution < -0.4 is 10.8 Å². The lowest BCUT2D eigenvalue weighted by Gasteiger charge is -2.13. The Morgan fingerprint density at radius 3 is 2.77 bits per heavy atom. The molecule has 3 aromatic rings. The first-order valence-electron chi connectivity index (χ1n) is 8.81. The maximum Gasteiger partial charge on any atom is 0.199 e. The number of aryl methyl sites for hydroxylation is 1. The zero-order chi connectivity index (χ0) is 17.9. The van der Waals surface area contributed by atoms with Gasteiger partial charge >= 0.3 is 0 Å². The Morgan fingerprint density at radius 1 is 1.08 bits per heavy atom. The first kappa shape index (κ1) is 16.8. The maximum absolute atomic E-state index is 13.9. The third-order valence-electron chi connectivity index (χ3n) is 4.57. The van der Waals surface area contributed by atoms with Gasteiger partial charge < -0.3 is 9.88 Å². The van der Waals surface area contributed by atoms with E-state index in [-0.39, 0.29) is 10.9 Å². The predicted octanol–water partition coefficient (Wildman–Crippen LogP) is 4.20. The lowest BCUT2D eigenvalue weighted by molar-refractivity contribution is 0.608. The zero-order valence-corrected chi connectivity index (χ0v) is 15.1. The SMILES string of the molecule is Fc1ccccc1NC(=S)N=c1c2ccccc2nc2n1CCCCC2. The molecule has 1 aliphatic heterocycles. The lowest BCUT2D eigenvalue weighted by Crippen LogP contribution is -2.28. The molecule has 4 nitrogen and oxygen atoms in total. The van der Waals surface area contributed by atoms with E-state index >= 15 is 0 Å². The van der Waals surface area contributed by atoms with Gasteiger partial charge in [0, 0.05) is 18.4 Å². The van der Waals surface area contributed by atoms with Gasteiger partial charge in [-0.3, -0.25) is 0 Å². The second-order valence-corrected chi connectivity index (χ2v) is 6.74. The van der Waals surface area contributed by atoms with Crippen molar-refractivity contribution in [1.82, 2.24) is 9.55 Å². The molecule has 26 heavy (non-hydrogen) atoms. The number of nitrogens with one attached hydrogen (secondary N) is 1. The van der Waals surface area contributed by atoms with Crippen molar-refractivity contribution in [3.05, 3.63) is 65.7 Å². The van der Waals surface area contributed by atoms with Crippen LogP contribution in [0.5, 0.6) is 0 Å². The molecule has 132 valence electrons. The summed E-state index contributed by atoms with van der Waals surface area (Å²) in [6.45, 7) is 0.869. The smallest absolute Gasteiger partial charge is 0.199 e. The second kappa shape index (κ2) is 7.33. The average Bonchev–Trinajstić information content (AvgIpc) is 2.89. The molecule has 0 bridgehead atoms. The number of aromatic nitrogens is 2. The summed E-state index contributed by atoms with van der Waals surface area (Å²) in [4.78, 5) is 9.48. The van der Waals surface area contributed by atoms with E-state index in [1.54, 1.807) is 18.2 Å². The van der Waals surface area contributed by atoms with E-state index in [4.69, 9.17) is 17.2 Å². The van der Waals surface area contributed by atoms with E-state index in [1.165, 1.54) is 12.5 Å². The molecule has 0 saturated heterocycles. The number of hydrogen-bond acceptors (Lipinski definition) is 2. The van der Waals surface area contributed by atoms with Crippen LogP contribution in [0, 0.1) is 5.82 Å². The largest absolute Gasteiger partial charge is 0.328 e. The van der Waals surface area contributed by atoms with Gasteiger partial charge in [-0.05, 0) is 49.3 Å². The second-order valence-electron chi connectivity index (χ2n) is 6.35. The number of rotatable bonds is 1. The van der Waals surface area contributed by atoms with Crippen LogP contribution in [0.25, 0.3) is 10.9 Å². The van der Waals surface area contributed by atoms with Crippen LogP contribution in [0.4, 0.5) is 10.1 Å². The van der Waals surface area contributed by atoms with Crippen LogP contribution in [0.3, 0.4) is 0 Å². The molecule has 4 rings (SSSR count). The quantitative estimate of drug-likeness (QED) is 0.657. The molecular formula is C20H19FN4S. The van der Waals surface area contributed by atoms with Crippen molar-refractivity contribution in [3.63, 3.8) is 0 Å². The van der Waals surface area contributed by atoms with Crippen molar-refractivity contribution in [3.8, 4) is 0 Å². The molecule has 0 unspecified atom stereocenters. The highest BCUT2D eigenvalue weighted by atomic mass is 32.1. The zero-order valence-electron chi connectivity index (χ0n) is 14.3. The number of halogens is 1. The van der Waals surface area contributed by atoms with E-state index in [0.717, 1.165) is 48.0 Å². The Balaban J connectivity index is 1.84. The Morgan fingerprint density at radius 2 is 1.88 bits per heavy atom. The minimum Gasteiger partial charge on any atom is -0.328 e. The minimum absolute atomic E-state index is 0.241. The van der Waals surface area contributed by atoms with Crippen molar-refractivity contribution in [1.29, 1.82) is 0 Å². The molecule has 0 saturated carbocycles. The van der Waals surface area contributed by atoms with Crippen LogP contribution in [-0.2, 0) is 13.0 Å². The van der Waals surface area contributed by atoms with Crippen molar-refractivity contribution in [2.45, 2.75) is 32.2 Å². The molecule has 1 aliphatic rings. The Bertz CT molecular complexity index is 1040. The normalized spacial score (nSPS) is 14.7. The van der Waals surface area contributed by atoms with Crippen molar-refractivity contribution >= 4 is 33.9 Å². The van der Waals surface area contributed by atoms with Crippen molar-refractivity contribution < 1.29 is 4.39 Å². The van der Waals surface area contributed by atoms with E-state index < -0.39 is 0 Å². The van der Waals surface area contributed by atoms with Crippen LogP contribution in [0.1, 0.15) is 25.1 Å². The number of para-hydroxylation sites is 2. The average molecular weight is 366 g/mol. The molecule has 2 heterocycles. The van der Waals surface area contributed by atoms with Crippen molar-refractivity contribution in [2.24, 2.45) is 4.99 Å².